The molecular formula is C20H24FN3O. The van der Waals surface area contributed by atoms with Gasteiger partial charge >= 0.3 is 0 Å². The van der Waals surface area contributed by atoms with Crippen molar-refractivity contribution < 1.29 is 9.18 Å². The number of carbonyl (C=O) groups excluding carboxylic acids is 1. The van der Waals surface area contributed by atoms with Crippen molar-refractivity contribution in [2.45, 2.75) is 13.8 Å². The summed E-state index contributed by atoms with van der Waals surface area (Å²) in [7, 11) is 0. The number of likely N-dealkylation sites (N-methyl/N-ethyl adjacent to an activating group) is 1. The molecule has 1 heterocycles. The number of nitrogens with zero attached hydrogens (tertiary/aromatic N) is 2. The zero-order chi connectivity index (χ0) is 17.8. The van der Waals surface area contributed by atoms with Gasteiger partial charge in [0.25, 0.3) is 5.91 Å². The molecule has 1 amide bonds. The monoisotopic (exact) mass is 341 g/mol. The molecule has 1 saturated heterocycles. The molecule has 0 bridgehead atoms. The van der Waals surface area contributed by atoms with Gasteiger partial charge in [0.15, 0.2) is 0 Å². The second kappa shape index (κ2) is 7.66. The molecule has 1 N–H and O–H groups in total. The van der Waals surface area contributed by atoms with Crippen LogP contribution in [0, 0.1) is 12.7 Å². The van der Waals surface area contributed by atoms with E-state index in [9.17, 15) is 9.18 Å². The maximum Gasteiger partial charge on any atom is 0.255 e. The summed E-state index contributed by atoms with van der Waals surface area (Å²) < 4.78 is 13.0. The summed E-state index contributed by atoms with van der Waals surface area (Å²) in [4.78, 5) is 17.1. The van der Waals surface area contributed by atoms with Gasteiger partial charge in [0, 0.05) is 43.1 Å². The van der Waals surface area contributed by atoms with Crippen molar-refractivity contribution in [1.82, 2.24) is 4.90 Å². The lowest BCUT2D eigenvalue weighted by molar-refractivity contribution is 0.102. The Morgan fingerprint density at radius 1 is 1.08 bits per heavy atom. The molecule has 0 radical (unpaired) electrons. The maximum absolute atomic E-state index is 13.0. The van der Waals surface area contributed by atoms with Crippen molar-refractivity contribution in [3.05, 3.63) is 59.4 Å². The van der Waals surface area contributed by atoms with Crippen LogP contribution in [0.4, 0.5) is 15.8 Å². The number of anilines is 2. The molecule has 1 aliphatic heterocycles. The van der Waals surface area contributed by atoms with Crippen molar-refractivity contribution in [1.29, 1.82) is 0 Å². The number of carbonyl (C=O) groups is 1. The first kappa shape index (κ1) is 17.4. The molecule has 0 unspecified atom stereocenters. The van der Waals surface area contributed by atoms with E-state index >= 15 is 0 Å². The number of aryl methyl sites for hydroxylation is 1. The highest BCUT2D eigenvalue weighted by Crippen LogP contribution is 2.25. The molecule has 3 rings (SSSR count). The first-order valence-corrected chi connectivity index (χ1v) is 8.71. The van der Waals surface area contributed by atoms with Crippen molar-refractivity contribution in [2.24, 2.45) is 0 Å². The fourth-order valence-electron chi connectivity index (χ4n) is 3.20. The first-order valence-electron chi connectivity index (χ1n) is 8.71. The van der Waals surface area contributed by atoms with E-state index in [4.69, 9.17) is 0 Å². The summed E-state index contributed by atoms with van der Waals surface area (Å²) in [5.41, 5.74) is 3.55. The van der Waals surface area contributed by atoms with Crippen LogP contribution in [0.1, 0.15) is 22.8 Å². The highest BCUT2D eigenvalue weighted by atomic mass is 19.1. The zero-order valence-electron chi connectivity index (χ0n) is 14.8. The smallest absolute Gasteiger partial charge is 0.255 e. The molecule has 0 atom stereocenters. The van der Waals surface area contributed by atoms with Crippen LogP contribution in [-0.2, 0) is 0 Å². The molecule has 0 saturated carbocycles. The Labute approximate surface area is 148 Å². The van der Waals surface area contributed by atoms with Gasteiger partial charge in [0.2, 0.25) is 0 Å². The molecule has 0 spiro atoms. The molecule has 1 fully saturated rings. The average Bonchev–Trinajstić information content (AvgIpc) is 2.62. The Morgan fingerprint density at radius 3 is 2.36 bits per heavy atom. The summed E-state index contributed by atoms with van der Waals surface area (Å²) >= 11 is 0. The van der Waals surface area contributed by atoms with E-state index in [-0.39, 0.29) is 11.7 Å². The van der Waals surface area contributed by atoms with E-state index in [1.807, 2.05) is 12.1 Å². The number of rotatable bonds is 4. The minimum Gasteiger partial charge on any atom is -0.369 e. The summed E-state index contributed by atoms with van der Waals surface area (Å²) in [6.45, 7) is 9.57. The zero-order valence-corrected chi connectivity index (χ0v) is 14.8. The number of halogens is 1. The lowest BCUT2D eigenvalue weighted by Crippen LogP contribution is -2.46. The molecule has 4 nitrogen and oxygen atoms in total. The van der Waals surface area contributed by atoms with Gasteiger partial charge in [-0.2, -0.15) is 0 Å². The molecule has 2 aromatic carbocycles. The Balaban J connectivity index is 1.67. The lowest BCUT2D eigenvalue weighted by Gasteiger charge is -2.36. The van der Waals surface area contributed by atoms with Crippen molar-refractivity contribution in [3.8, 4) is 0 Å². The van der Waals surface area contributed by atoms with Gasteiger partial charge in [-0.05, 0) is 61.5 Å². The standard InChI is InChI=1S/C20H24FN3O/c1-3-23-10-12-24(13-11-23)19-9-8-18(14-15(19)2)22-20(25)16-4-6-17(21)7-5-16/h4-9,14H,3,10-13H2,1-2H3,(H,22,25). The third-order valence-electron chi connectivity index (χ3n) is 4.72. The topological polar surface area (TPSA) is 35.6 Å². The van der Waals surface area contributed by atoms with E-state index in [2.05, 4.69) is 35.0 Å². The largest absolute Gasteiger partial charge is 0.369 e. The minimum absolute atomic E-state index is 0.233. The van der Waals surface area contributed by atoms with Gasteiger partial charge in [-0.15, -0.1) is 0 Å². The predicted octanol–water partition coefficient (Wildman–Crippen LogP) is 3.53. The molecular weight excluding hydrogens is 317 g/mol. The van der Waals surface area contributed by atoms with Gasteiger partial charge in [-0.25, -0.2) is 4.39 Å². The molecule has 0 aromatic heterocycles. The Morgan fingerprint density at radius 2 is 1.76 bits per heavy atom. The third-order valence-corrected chi connectivity index (χ3v) is 4.72. The van der Waals surface area contributed by atoms with Gasteiger partial charge in [-0.1, -0.05) is 6.92 Å². The van der Waals surface area contributed by atoms with Gasteiger partial charge in [0.05, 0.1) is 0 Å². The van der Waals surface area contributed by atoms with Gasteiger partial charge in [-0.3, -0.25) is 4.79 Å². The average molecular weight is 341 g/mol. The second-order valence-corrected chi connectivity index (χ2v) is 6.38. The third kappa shape index (κ3) is 4.17. The Bertz CT molecular complexity index is 737. The van der Waals surface area contributed by atoms with Gasteiger partial charge < -0.3 is 15.1 Å². The molecule has 5 heteroatoms. The van der Waals surface area contributed by atoms with Crippen molar-refractivity contribution in [3.63, 3.8) is 0 Å². The normalized spacial score (nSPS) is 15.2. The maximum atomic E-state index is 13.0. The summed E-state index contributed by atoms with van der Waals surface area (Å²) in [6, 6.07) is 11.5. The predicted molar refractivity (Wildman–Crippen MR) is 99.9 cm³/mol. The number of benzene rings is 2. The molecule has 2 aromatic rings. The molecule has 132 valence electrons. The van der Waals surface area contributed by atoms with Gasteiger partial charge in [0.1, 0.15) is 5.82 Å². The molecule has 1 aliphatic rings. The highest BCUT2D eigenvalue weighted by Gasteiger charge is 2.17. The SMILES string of the molecule is CCN1CCN(c2ccc(NC(=O)c3ccc(F)cc3)cc2C)CC1. The van der Waals surface area contributed by atoms with E-state index in [0.717, 1.165) is 44.0 Å². The number of piperazine rings is 1. The highest BCUT2D eigenvalue weighted by molar-refractivity contribution is 6.04. The number of amides is 1. The summed E-state index contributed by atoms with van der Waals surface area (Å²) in [5, 5.41) is 2.88. The number of hydrogen-bond donors (Lipinski definition) is 1. The van der Waals surface area contributed by atoms with Crippen LogP contribution in [-0.4, -0.2) is 43.5 Å². The molecule has 0 aliphatic carbocycles. The number of nitrogens with one attached hydrogen (secondary N) is 1. The van der Waals surface area contributed by atoms with Crippen LogP contribution < -0.4 is 10.2 Å². The summed E-state index contributed by atoms with van der Waals surface area (Å²) in [5.74, 6) is -0.580. The van der Waals surface area contributed by atoms with Crippen molar-refractivity contribution in [2.75, 3.05) is 42.9 Å². The van der Waals surface area contributed by atoms with E-state index in [0.29, 0.717) is 5.56 Å². The lowest BCUT2D eigenvalue weighted by atomic mass is 10.1. The van der Waals surface area contributed by atoms with Crippen LogP contribution in [0.25, 0.3) is 0 Å². The van der Waals surface area contributed by atoms with E-state index in [1.165, 1.54) is 30.0 Å². The van der Waals surface area contributed by atoms with Crippen LogP contribution in [0.2, 0.25) is 0 Å². The van der Waals surface area contributed by atoms with Crippen LogP contribution in [0.15, 0.2) is 42.5 Å². The first-order chi connectivity index (χ1) is 12.1. The Kier molecular flexibility index (Phi) is 5.34. The minimum atomic E-state index is -0.347. The van der Waals surface area contributed by atoms with Crippen molar-refractivity contribution >= 4 is 17.3 Å². The Hall–Kier alpha value is -2.40. The second-order valence-electron chi connectivity index (χ2n) is 6.38. The summed E-state index contributed by atoms with van der Waals surface area (Å²) in [6.07, 6.45) is 0. The van der Waals surface area contributed by atoms with Crippen LogP contribution in [0.3, 0.4) is 0 Å². The molecule has 25 heavy (non-hydrogen) atoms. The fraction of sp³-hybridized carbons (Fsp3) is 0.350. The van der Waals surface area contributed by atoms with E-state index in [1.54, 1.807) is 0 Å². The fourth-order valence-corrected chi connectivity index (χ4v) is 3.20. The number of hydrogen-bond acceptors (Lipinski definition) is 3. The van der Waals surface area contributed by atoms with E-state index < -0.39 is 0 Å². The van der Waals surface area contributed by atoms with Crippen LogP contribution in [0.5, 0.6) is 0 Å². The van der Waals surface area contributed by atoms with Crippen LogP contribution >= 0.6 is 0 Å². The quantitative estimate of drug-likeness (QED) is 0.924.